The Morgan fingerprint density at radius 3 is 2.76 bits per heavy atom. The average Bonchev–Trinajstić information content (AvgIpc) is 2.72. The Bertz CT molecular complexity index is 1210. The van der Waals surface area contributed by atoms with Crippen LogP contribution in [0, 0.1) is 5.92 Å². The van der Waals surface area contributed by atoms with E-state index in [1.165, 1.54) is 0 Å². The number of piperidine rings is 1. The summed E-state index contributed by atoms with van der Waals surface area (Å²) in [5, 5.41) is 1.01. The van der Waals surface area contributed by atoms with Crippen LogP contribution in [0.5, 0.6) is 5.75 Å². The van der Waals surface area contributed by atoms with Crippen molar-refractivity contribution in [1.82, 2.24) is 14.0 Å². The minimum Gasteiger partial charge on any atom is -0.497 e. The molecule has 2 aliphatic rings. The Balaban J connectivity index is 1.47. The van der Waals surface area contributed by atoms with Gasteiger partial charge in [-0.2, -0.15) is 0 Å². The molecule has 5 rings (SSSR count). The number of methoxy groups -OCH3 is 1. The first-order valence-electron chi connectivity index (χ1n) is 10.1. The number of nitrogens with zero attached hydrogens (tertiary/aromatic N) is 3. The second-order valence-electron chi connectivity index (χ2n) is 8.35. The van der Waals surface area contributed by atoms with E-state index in [1.807, 2.05) is 41.9 Å². The summed E-state index contributed by atoms with van der Waals surface area (Å²) in [5.74, 6) is 1.59. The lowest BCUT2D eigenvalue weighted by molar-refractivity contribution is 0.114. The van der Waals surface area contributed by atoms with Gasteiger partial charge >= 0.3 is 0 Å². The number of rotatable bonds is 3. The Morgan fingerprint density at radius 1 is 1.07 bits per heavy atom. The van der Waals surface area contributed by atoms with Crippen molar-refractivity contribution in [2.45, 2.75) is 25.4 Å². The molecule has 0 N–H and O–H groups in total. The summed E-state index contributed by atoms with van der Waals surface area (Å²) in [6.45, 7) is 3.19. The summed E-state index contributed by atoms with van der Waals surface area (Å²) in [6, 6.07) is 13.4. The van der Waals surface area contributed by atoms with Crippen LogP contribution in [-0.2, 0) is 20.1 Å². The van der Waals surface area contributed by atoms with E-state index in [2.05, 4.69) is 11.0 Å². The highest BCUT2D eigenvalue weighted by molar-refractivity contribution is 5.81. The third kappa shape index (κ3) is 3.08. The van der Waals surface area contributed by atoms with Crippen LogP contribution in [0.25, 0.3) is 10.9 Å². The maximum atomic E-state index is 13.0. The average molecular weight is 391 g/mol. The number of aromatic nitrogens is 2. The molecule has 6 nitrogen and oxygen atoms in total. The molecule has 2 aliphatic heterocycles. The number of hydrogen-bond acceptors (Lipinski definition) is 4. The van der Waals surface area contributed by atoms with Crippen molar-refractivity contribution in [3.05, 3.63) is 74.4 Å². The maximum absolute atomic E-state index is 13.0. The van der Waals surface area contributed by atoms with Crippen LogP contribution < -0.4 is 15.9 Å². The zero-order chi connectivity index (χ0) is 20.1. The smallest absolute Gasteiger partial charge is 0.255 e. The lowest BCUT2D eigenvalue weighted by Gasteiger charge is -2.42. The molecule has 3 aromatic rings. The first-order chi connectivity index (χ1) is 14.0. The van der Waals surface area contributed by atoms with Gasteiger partial charge in [0.2, 0.25) is 0 Å². The number of pyridine rings is 2. The van der Waals surface area contributed by atoms with E-state index >= 15 is 0 Å². The highest BCUT2D eigenvalue weighted by Crippen LogP contribution is 2.35. The molecular weight excluding hydrogens is 366 g/mol. The van der Waals surface area contributed by atoms with Crippen LogP contribution in [0.3, 0.4) is 0 Å². The lowest BCUT2D eigenvalue weighted by Crippen LogP contribution is -2.47. The van der Waals surface area contributed by atoms with Crippen molar-refractivity contribution >= 4 is 10.9 Å². The highest BCUT2D eigenvalue weighted by Gasteiger charge is 2.34. The Morgan fingerprint density at radius 2 is 1.93 bits per heavy atom. The molecule has 4 heterocycles. The van der Waals surface area contributed by atoms with Crippen molar-refractivity contribution in [3.63, 3.8) is 0 Å². The van der Waals surface area contributed by atoms with Crippen molar-refractivity contribution in [1.29, 1.82) is 0 Å². The molecule has 2 bridgehead atoms. The number of benzene rings is 1. The Labute approximate surface area is 168 Å². The van der Waals surface area contributed by atoms with E-state index in [0.717, 1.165) is 54.0 Å². The SMILES string of the molecule is COc1ccc2c(c1)cc(CN1C[C@@H]3C[C@@H](C1)c1cccc(=O)n1C3)c(=O)n2C. The van der Waals surface area contributed by atoms with Crippen LogP contribution in [-0.4, -0.2) is 34.2 Å². The summed E-state index contributed by atoms with van der Waals surface area (Å²) in [5.41, 5.74) is 3.00. The molecule has 0 saturated carbocycles. The van der Waals surface area contributed by atoms with E-state index in [9.17, 15) is 9.59 Å². The lowest BCUT2D eigenvalue weighted by atomic mass is 9.83. The van der Waals surface area contributed by atoms with E-state index in [0.29, 0.717) is 18.4 Å². The van der Waals surface area contributed by atoms with Crippen molar-refractivity contribution < 1.29 is 4.74 Å². The van der Waals surface area contributed by atoms with Crippen LogP contribution >= 0.6 is 0 Å². The summed E-state index contributed by atoms with van der Waals surface area (Å²) < 4.78 is 9.02. The third-order valence-corrected chi connectivity index (χ3v) is 6.45. The minimum atomic E-state index is 0.0509. The monoisotopic (exact) mass is 391 g/mol. The summed E-state index contributed by atoms with van der Waals surface area (Å²) in [4.78, 5) is 27.6. The molecule has 1 fully saturated rings. The van der Waals surface area contributed by atoms with E-state index in [-0.39, 0.29) is 11.1 Å². The third-order valence-electron chi connectivity index (χ3n) is 6.45. The van der Waals surface area contributed by atoms with Crippen molar-refractivity contribution in [3.8, 4) is 5.75 Å². The number of ether oxygens (including phenoxy) is 1. The zero-order valence-corrected chi connectivity index (χ0v) is 16.8. The van der Waals surface area contributed by atoms with Gasteiger partial charge < -0.3 is 13.9 Å². The summed E-state index contributed by atoms with van der Waals surface area (Å²) in [6.07, 6.45) is 1.12. The Hall–Kier alpha value is -2.86. The second kappa shape index (κ2) is 6.88. The molecule has 2 aromatic heterocycles. The van der Waals surface area contributed by atoms with Crippen molar-refractivity contribution in [2.75, 3.05) is 20.2 Å². The maximum Gasteiger partial charge on any atom is 0.255 e. The first-order valence-corrected chi connectivity index (χ1v) is 10.1. The van der Waals surface area contributed by atoms with Crippen LogP contribution in [0.15, 0.2) is 52.1 Å². The van der Waals surface area contributed by atoms with Crippen LogP contribution in [0.4, 0.5) is 0 Å². The van der Waals surface area contributed by atoms with Gasteiger partial charge in [0.1, 0.15) is 5.75 Å². The topological polar surface area (TPSA) is 56.5 Å². The van der Waals surface area contributed by atoms with E-state index in [1.54, 1.807) is 17.7 Å². The first kappa shape index (κ1) is 18.2. The van der Waals surface area contributed by atoms with Gasteiger partial charge in [-0.3, -0.25) is 14.5 Å². The fraction of sp³-hybridized carbons (Fsp3) is 0.391. The predicted octanol–water partition coefficient (Wildman–Crippen LogP) is 2.33. The molecule has 29 heavy (non-hydrogen) atoms. The van der Waals surface area contributed by atoms with Crippen LogP contribution in [0.2, 0.25) is 0 Å². The molecule has 6 heteroatoms. The van der Waals surface area contributed by atoms with Gasteiger partial charge in [-0.25, -0.2) is 0 Å². The molecule has 150 valence electrons. The molecule has 1 aromatic carbocycles. The molecule has 0 aliphatic carbocycles. The molecule has 0 spiro atoms. The standard InChI is InChI=1S/C23H25N3O3/c1-24-20-7-6-19(29-2)10-16(20)9-18(23(24)28)14-25-11-15-8-17(13-25)21-4-3-5-22(27)26(21)12-15/h3-7,9-10,15,17H,8,11-14H2,1-2H3/t15-,17-/m0/s1. The summed E-state index contributed by atoms with van der Waals surface area (Å²) in [7, 11) is 3.48. The number of fused-ring (bicyclic) bond motifs is 5. The predicted molar refractivity (Wildman–Crippen MR) is 113 cm³/mol. The Kier molecular flexibility index (Phi) is 4.32. The molecule has 0 amide bonds. The fourth-order valence-corrected chi connectivity index (χ4v) is 5.13. The number of hydrogen-bond donors (Lipinski definition) is 0. The quantitative estimate of drug-likeness (QED) is 0.688. The van der Waals surface area contributed by atoms with Gasteiger partial charge in [0.15, 0.2) is 0 Å². The molecular formula is C23H25N3O3. The van der Waals surface area contributed by atoms with E-state index in [4.69, 9.17) is 4.74 Å². The van der Waals surface area contributed by atoms with Gasteiger partial charge in [-0.15, -0.1) is 0 Å². The van der Waals surface area contributed by atoms with Gasteiger partial charge in [0.25, 0.3) is 11.1 Å². The van der Waals surface area contributed by atoms with Gasteiger partial charge in [0.05, 0.1) is 12.6 Å². The molecule has 1 saturated heterocycles. The molecule has 2 atom stereocenters. The van der Waals surface area contributed by atoms with Gasteiger partial charge in [-0.05, 0) is 42.7 Å². The molecule has 0 unspecified atom stereocenters. The van der Waals surface area contributed by atoms with Gasteiger partial charge in [-0.1, -0.05) is 6.07 Å². The largest absolute Gasteiger partial charge is 0.497 e. The highest BCUT2D eigenvalue weighted by atomic mass is 16.5. The zero-order valence-electron chi connectivity index (χ0n) is 16.8. The second-order valence-corrected chi connectivity index (χ2v) is 8.35. The fourth-order valence-electron chi connectivity index (χ4n) is 5.13. The van der Waals surface area contributed by atoms with Crippen LogP contribution in [0.1, 0.15) is 23.6 Å². The molecule has 0 radical (unpaired) electrons. The normalized spacial score (nSPS) is 21.2. The minimum absolute atomic E-state index is 0.0509. The van der Waals surface area contributed by atoms with E-state index < -0.39 is 0 Å². The van der Waals surface area contributed by atoms with Crippen molar-refractivity contribution in [2.24, 2.45) is 13.0 Å². The summed E-state index contributed by atoms with van der Waals surface area (Å²) >= 11 is 0. The number of aryl methyl sites for hydroxylation is 1. The van der Waals surface area contributed by atoms with Gasteiger partial charge in [0, 0.05) is 61.9 Å². The number of likely N-dealkylation sites (tertiary alicyclic amines) is 1.